The van der Waals surface area contributed by atoms with Crippen molar-refractivity contribution in [2.75, 3.05) is 4.90 Å². The van der Waals surface area contributed by atoms with Gasteiger partial charge in [0, 0.05) is 26.7 Å². The van der Waals surface area contributed by atoms with E-state index >= 15 is 0 Å². The number of benzene rings is 8. The fourth-order valence-electron chi connectivity index (χ4n) is 6.89. The van der Waals surface area contributed by atoms with Gasteiger partial charge in [0.15, 0.2) is 0 Å². The molecule has 0 aliphatic carbocycles. The van der Waals surface area contributed by atoms with Crippen LogP contribution in [0.5, 0.6) is 0 Å². The van der Waals surface area contributed by atoms with E-state index in [2.05, 4.69) is 181 Å². The molecule has 0 aliphatic heterocycles. The monoisotopic (exact) mass is 603 g/mol. The summed E-state index contributed by atoms with van der Waals surface area (Å²) in [5.74, 6) is 0. The molecule has 1 nitrogen and oxygen atoms in total. The predicted molar refractivity (Wildman–Crippen MR) is 200 cm³/mol. The Bertz CT molecular complexity index is 2520. The molecule has 0 spiro atoms. The second-order valence-corrected chi connectivity index (χ2v) is 12.7. The number of hydrogen-bond donors (Lipinski definition) is 0. The number of hydrogen-bond acceptors (Lipinski definition) is 2. The first kappa shape index (κ1) is 26.7. The highest BCUT2D eigenvalue weighted by Crippen LogP contribution is 2.48. The van der Waals surface area contributed by atoms with Crippen LogP contribution in [-0.4, -0.2) is 0 Å². The van der Waals surface area contributed by atoms with E-state index in [9.17, 15) is 0 Å². The second-order valence-electron chi connectivity index (χ2n) is 11.7. The van der Waals surface area contributed by atoms with Gasteiger partial charge in [0.1, 0.15) is 0 Å². The SMILES string of the molecule is c1ccc(-c2ccccc2N(c2ccc(-c3cccc4ccccc34)cc2)c2cccc3c2sc2c4ccccc4ccc32)cc1. The zero-order chi connectivity index (χ0) is 30.5. The summed E-state index contributed by atoms with van der Waals surface area (Å²) < 4.78 is 2.62. The Balaban J connectivity index is 1.28. The van der Waals surface area contributed by atoms with Gasteiger partial charge >= 0.3 is 0 Å². The van der Waals surface area contributed by atoms with Crippen molar-refractivity contribution >= 4 is 70.1 Å². The van der Waals surface area contributed by atoms with Gasteiger partial charge in [-0.1, -0.05) is 152 Å². The maximum absolute atomic E-state index is 2.45. The minimum absolute atomic E-state index is 1.13. The second kappa shape index (κ2) is 11.0. The lowest BCUT2D eigenvalue weighted by Gasteiger charge is -2.28. The van der Waals surface area contributed by atoms with Crippen LogP contribution in [0.2, 0.25) is 0 Å². The summed E-state index contributed by atoms with van der Waals surface area (Å²) in [5, 5.41) is 7.71. The molecule has 0 radical (unpaired) electrons. The van der Waals surface area contributed by atoms with Crippen LogP contribution in [0.15, 0.2) is 176 Å². The first-order valence-corrected chi connectivity index (χ1v) is 16.5. The maximum Gasteiger partial charge on any atom is 0.0640 e. The molecule has 9 aromatic rings. The van der Waals surface area contributed by atoms with E-state index in [1.54, 1.807) is 0 Å². The molecular formula is C44H29NS. The molecule has 0 N–H and O–H groups in total. The summed E-state index contributed by atoms with van der Waals surface area (Å²) in [7, 11) is 0. The van der Waals surface area contributed by atoms with Gasteiger partial charge in [-0.15, -0.1) is 11.3 Å². The lowest BCUT2D eigenvalue weighted by Crippen LogP contribution is -2.11. The third-order valence-electron chi connectivity index (χ3n) is 9.06. The zero-order valence-electron chi connectivity index (χ0n) is 25.1. The maximum atomic E-state index is 2.45. The number of anilines is 3. The molecule has 0 atom stereocenters. The molecule has 46 heavy (non-hydrogen) atoms. The Morgan fingerprint density at radius 1 is 0.326 bits per heavy atom. The van der Waals surface area contributed by atoms with Gasteiger partial charge in [0.2, 0.25) is 0 Å². The smallest absolute Gasteiger partial charge is 0.0640 e. The van der Waals surface area contributed by atoms with Crippen LogP contribution < -0.4 is 4.90 Å². The Hall–Kier alpha value is -5.70. The van der Waals surface area contributed by atoms with Crippen LogP contribution in [0.3, 0.4) is 0 Å². The lowest BCUT2D eigenvalue weighted by atomic mass is 9.97. The number of rotatable bonds is 5. The van der Waals surface area contributed by atoms with Gasteiger partial charge in [-0.25, -0.2) is 0 Å². The number of nitrogens with zero attached hydrogens (tertiary/aromatic N) is 1. The summed E-state index contributed by atoms with van der Waals surface area (Å²) in [6, 6.07) is 63.8. The average Bonchev–Trinajstić information content (AvgIpc) is 3.53. The quantitative estimate of drug-likeness (QED) is 0.189. The Morgan fingerprint density at radius 3 is 1.74 bits per heavy atom. The van der Waals surface area contributed by atoms with E-state index in [0.717, 1.165) is 11.4 Å². The molecule has 9 rings (SSSR count). The molecule has 1 aromatic heterocycles. The van der Waals surface area contributed by atoms with Crippen molar-refractivity contribution in [1.29, 1.82) is 0 Å². The van der Waals surface area contributed by atoms with Gasteiger partial charge in [-0.3, -0.25) is 0 Å². The van der Waals surface area contributed by atoms with E-state index in [0.29, 0.717) is 0 Å². The number of thiophene rings is 1. The fraction of sp³-hybridized carbons (Fsp3) is 0. The molecule has 0 amide bonds. The van der Waals surface area contributed by atoms with Gasteiger partial charge in [-0.05, 0) is 62.5 Å². The third-order valence-corrected chi connectivity index (χ3v) is 10.3. The van der Waals surface area contributed by atoms with Crippen LogP contribution in [0.4, 0.5) is 17.1 Å². The van der Waals surface area contributed by atoms with Crippen molar-refractivity contribution < 1.29 is 0 Å². The highest BCUT2D eigenvalue weighted by atomic mass is 32.1. The Labute approximate surface area is 272 Å². The van der Waals surface area contributed by atoms with E-state index in [1.165, 1.54) is 69.7 Å². The normalized spacial score (nSPS) is 11.5. The highest BCUT2D eigenvalue weighted by Gasteiger charge is 2.21. The summed E-state index contributed by atoms with van der Waals surface area (Å²) in [6.45, 7) is 0. The fourth-order valence-corrected chi connectivity index (χ4v) is 8.23. The van der Waals surface area contributed by atoms with E-state index in [4.69, 9.17) is 0 Å². The summed E-state index contributed by atoms with van der Waals surface area (Å²) in [4.78, 5) is 2.45. The van der Waals surface area contributed by atoms with E-state index in [1.807, 2.05) is 11.3 Å². The van der Waals surface area contributed by atoms with Crippen molar-refractivity contribution in [2.24, 2.45) is 0 Å². The summed E-state index contributed by atoms with van der Waals surface area (Å²) >= 11 is 1.90. The molecule has 0 unspecified atom stereocenters. The van der Waals surface area contributed by atoms with Crippen LogP contribution in [0, 0.1) is 0 Å². The van der Waals surface area contributed by atoms with Gasteiger partial charge in [-0.2, -0.15) is 0 Å². The third kappa shape index (κ3) is 4.38. The average molecular weight is 604 g/mol. The van der Waals surface area contributed by atoms with Gasteiger partial charge in [0.05, 0.1) is 16.1 Å². The van der Waals surface area contributed by atoms with E-state index in [-0.39, 0.29) is 0 Å². The zero-order valence-corrected chi connectivity index (χ0v) is 25.9. The Morgan fingerprint density at radius 2 is 0.891 bits per heavy atom. The van der Waals surface area contributed by atoms with Crippen LogP contribution in [-0.2, 0) is 0 Å². The molecule has 2 heteroatoms. The van der Waals surface area contributed by atoms with Crippen molar-refractivity contribution in [3.8, 4) is 22.3 Å². The van der Waals surface area contributed by atoms with Gasteiger partial charge < -0.3 is 4.90 Å². The van der Waals surface area contributed by atoms with Crippen LogP contribution in [0.1, 0.15) is 0 Å². The van der Waals surface area contributed by atoms with Crippen LogP contribution >= 0.6 is 11.3 Å². The largest absolute Gasteiger partial charge is 0.308 e. The number of fused-ring (bicyclic) bond motifs is 6. The molecule has 8 aromatic carbocycles. The lowest BCUT2D eigenvalue weighted by molar-refractivity contribution is 1.30. The predicted octanol–water partition coefficient (Wildman–Crippen LogP) is 13.2. The van der Waals surface area contributed by atoms with Crippen LogP contribution in [0.25, 0.3) is 64.0 Å². The molecular weight excluding hydrogens is 575 g/mol. The van der Waals surface area contributed by atoms with E-state index < -0.39 is 0 Å². The molecule has 0 bridgehead atoms. The van der Waals surface area contributed by atoms with Gasteiger partial charge in [0.25, 0.3) is 0 Å². The van der Waals surface area contributed by atoms with Crippen molar-refractivity contribution in [2.45, 2.75) is 0 Å². The molecule has 216 valence electrons. The highest BCUT2D eigenvalue weighted by molar-refractivity contribution is 7.27. The first-order valence-electron chi connectivity index (χ1n) is 15.7. The Kier molecular flexibility index (Phi) is 6.40. The van der Waals surface area contributed by atoms with Crippen molar-refractivity contribution in [3.05, 3.63) is 176 Å². The molecule has 1 heterocycles. The number of para-hydroxylation sites is 1. The topological polar surface area (TPSA) is 3.24 Å². The van der Waals surface area contributed by atoms with Crippen molar-refractivity contribution in [1.82, 2.24) is 0 Å². The standard InChI is InChI=1S/C44H29NS/c1-2-12-31(13-3-1)37-18-8-9-22-41(37)45(34-27-24-33(25-28-34)36-20-10-16-30-14-4-6-17-35(30)36)42-23-11-21-39-40-29-26-32-15-5-7-19-38(32)43(40)46-44(39)42/h1-29H. The minimum atomic E-state index is 1.13. The minimum Gasteiger partial charge on any atom is -0.308 e. The summed E-state index contributed by atoms with van der Waals surface area (Å²) in [5.41, 5.74) is 8.32. The summed E-state index contributed by atoms with van der Waals surface area (Å²) in [6.07, 6.45) is 0. The molecule has 0 fully saturated rings. The molecule has 0 saturated heterocycles. The van der Waals surface area contributed by atoms with Crippen molar-refractivity contribution in [3.63, 3.8) is 0 Å². The first-order chi connectivity index (χ1) is 22.8. The molecule has 0 aliphatic rings. The molecule has 0 saturated carbocycles.